The molecule has 6 nitrogen and oxygen atoms in total. The number of hydrogen-bond acceptors (Lipinski definition) is 5. The number of nitrogens with two attached hydrogens (primary N) is 1. The fraction of sp³-hybridized carbons (Fsp3) is 0.125. The molecule has 4 rings (SSSR count). The van der Waals surface area contributed by atoms with Crippen LogP contribution in [-0.4, -0.2) is 21.2 Å². The maximum atomic E-state index is 12.6. The van der Waals surface area contributed by atoms with Crippen molar-refractivity contribution in [2.24, 2.45) is 0 Å². The van der Waals surface area contributed by atoms with Crippen LogP contribution < -0.4 is 16.6 Å². The molecule has 0 aliphatic heterocycles. The molecular weight excluding hydrogens is 408 g/mol. The summed E-state index contributed by atoms with van der Waals surface area (Å²) in [6, 6.07) is 25.0. The van der Waals surface area contributed by atoms with Gasteiger partial charge in [0.1, 0.15) is 5.82 Å². The third-order valence-corrected chi connectivity index (χ3v) is 5.86. The normalized spacial score (nSPS) is 10.8. The smallest absolute Gasteiger partial charge is 0.275 e. The Kier molecular flexibility index (Phi) is 6.33. The van der Waals surface area contributed by atoms with Crippen LogP contribution in [0.15, 0.2) is 88.8 Å². The molecule has 0 saturated heterocycles. The number of nitrogens with one attached hydrogen (secondary N) is 1. The van der Waals surface area contributed by atoms with E-state index in [-0.39, 0.29) is 11.7 Å². The van der Waals surface area contributed by atoms with E-state index in [2.05, 4.69) is 10.3 Å². The summed E-state index contributed by atoms with van der Waals surface area (Å²) < 4.78 is 1.78. The molecule has 1 amide bonds. The van der Waals surface area contributed by atoms with Gasteiger partial charge in [-0.2, -0.15) is 4.98 Å². The highest BCUT2D eigenvalue weighted by Gasteiger charge is 2.12. The van der Waals surface area contributed by atoms with Gasteiger partial charge in [0.25, 0.3) is 5.56 Å². The molecule has 0 saturated carbocycles. The van der Waals surface area contributed by atoms with Gasteiger partial charge in [-0.25, -0.2) is 0 Å². The molecule has 0 spiro atoms. The zero-order chi connectivity index (χ0) is 21.6. The van der Waals surface area contributed by atoms with Crippen LogP contribution in [0.4, 0.5) is 11.5 Å². The van der Waals surface area contributed by atoms with Gasteiger partial charge in [0.05, 0.1) is 5.75 Å². The third kappa shape index (κ3) is 5.13. The van der Waals surface area contributed by atoms with E-state index in [9.17, 15) is 9.59 Å². The van der Waals surface area contributed by atoms with Gasteiger partial charge in [-0.1, -0.05) is 78.5 Å². The molecule has 31 heavy (non-hydrogen) atoms. The fourth-order valence-corrected chi connectivity index (χ4v) is 4.21. The number of anilines is 2. The number of thioether (sulfide) groups is 1. The zero-order valence-corrected chi connectivity index (χ0v) is 17.6. The monoisotopic (exact) mass is 430 g/mol. The Morgan fingerprint density at radius 2 is 1.74 bits per heavy atom. The molecule has 0 aliphatic carbocycles. The predicted molar refractivity (Wildman–Crippen MR) is 126 cm³/mol. The van der Waals surface area contributed by atoms with E-state index in [0.29, 0.717) is 17.5 Å². The number of benzene rings is 3. The van der Waals surface area contributed by atoms with Crippen molar-refractivity contribution in [2.75, 3.05) is 16.8 Å². The Morgan fingerprint density at radius 1 is 1.00 bits per heavy atom. The van der Waals surface area contributed by atoms with E-state index in [4.69, 9.17) is 5.73 Å². The highest BCUT2D eigenvalue weighted by atomic mass is 32.2. The number of fused-ring (bicyclic) bond motifs is 1. The summed E-state index contributed by atoms with van der Waals surface area (Å²) in [4.78, 5) is 28.6. The van der Waals surface area contributed by atoms with Crippen LogP contribution in [0.5, 0.6) is 0 Å². The number of hydrogen-bond donors (Lipinski definition) is 2. The van der Waals surface area contributed by atoms with Crippen molar-refractivity contribution in [1.82, 2.24) is 9.55 Å². The summed E-state index contributed by atoms with van der Waals surface area (Å²) in [6.45, 7) is 0.566. The number of rotatable bonds is 7. The van der Waals surface area contributed by atoms with Crippen molar-refractivity contribution in [3.63, 3.8) is 0 Å². The standard InChI is InChI=1S/C24H22N4O2S/c25-21-15-22(29)27-24(28(21)14-13-17-7-2-1-3-8-17)31-16-23(30)26-20-12-6-10-18-9-4-5-11-19(18)20/h1-12,15H,13-14,16,25H2,(H,26,30). The minimum absolute atomic E-state index is 0.116. The van der Waals surface area contributed by atoms with Gasteiger partial charge < -0.3 is 15.6 Å². The number of amides is 1. The lowest BCUT2D eigenvalue weighted by Crippen LogP contribution is -2.20. The Balaban J connectivity index is 1.47. The van der Waals surface area contributed by atoms with Gasteiger partial charge >= 0.3 is 0 Å². The second-order valence-corrected chi connectivity index (χ2v) is 8.00. The molecule has 4 aromatic rings. The SMILES string of the molecule is Nc1cc(=O)nc(SCC(=O)Nc2cccc3ccccc23)n1CCc1ccccc1. The summed E-state index contributed by atoms with van der Waals surface area (Å²) in [5.41, 5.74) is 7.59. The van der Waals surface area contributed by atoms with Crippen LogP contribution in [0.2, 0.25) is 0 Å². The Hall–Kier alpha value is -3.58. The number of carbonyl (C=O) groups excluding carboxylic acids is 1. The zero-order valence-electron chi connectivity index (χ0n) is 16.8. The quantitative estimate of drug-likeness (QED) is 0.342. The maximum absolute atomic E-state index is 12.6. The van der Waals surface area contributed by atoms with E-state index in [1.54, 1.807) is 4.57 Å². The van der Waals surface area contributed by atoms with E-state index in [1.165, 1.54) is 17.8 Å². The van der Waals surface area contributed by atoms with Crippen LogP contribution in [0.3, 0.4) is 0 Å². The molecule has 0 unspecified atom stereocenters. The summed E-state index contributed by atoms with van der Waals surface area (Å²) in [7, 11) is 0. The molecule has 1 aromatic heterocycles. The largest absolute Gasteiger partial charge is 0.385 e. The van der Waals surface area contributed by atoms with Gasteiger partial charge in [-0.3, -0.25) is 9.59 Å². The van der Waals surface area contributed by atoms with Crippen molar-refractivity contribution >= 4 is 39.9 Å². The van der Waals surface area contributed by atoms with Gasteiger partial charge in [0, 0.05) is 23.7 Å². The highest BCUT2D eigenvalue weighted by Crippen LogP contribution is 2.24. The van der Waals surface area contributed by atoms with Crippen LogP contribution in [0.1, 0.15) is 5.56 Å². The minimum atomic E-state index is -0.412. The Bertz CT molecular complexity index is 1270. The molecule has 7 heteroatoms. The fourth-order valence-electron chi connectivity index (χ4n) is 3.37. The average molecular weight is 431 g/mol. The summed E-state index contributed by atoms with van der Waals surface area (Å²) in [5.74, 6) is 0.283. The maximum Gasteiger partial charge on any atom is 0.275 e. The minimum Gasteiger partial charge on any atom is -0.385 e. The van der Waals surface area contributed by atoms with Crippen molar-refractivity contribution in [1.29, 1.82) is 0 Å². The van der Waals surface area contributed by atoms with Crippen molar-refractivity contribution < 1.29 is 4.79 Å². The van der Waals surface area contributed by atoms with E-state index >= 15 is 0 Å². The van der Waals surface area contributed by atoms with E-state index in [0.717, 1.165) is 28.4 Å². The Morgan fingerprint density at radius 3 is 2.58 bits per heavy atom. The van der Waals surface area contributed by atoms with Crippen LogP contribution in [0.25, 0.3) is 10.8 Å². The van der Waals surface area contributed by atoms with E-state index in [1.807, 2.05) is 72.8 Å². The molecule has 1 heterocycles. The third-order valence-electron chi connectivity index (χ3n) is 4.88. The number of aryl methyl sites for hydroxylation is 1. The second kappa shape index (κ2) is 9.49. The summed E-state index contributed by atoms with van der Waals surface area (Å²) in [6.07, 6.45) is 0.741. The molecule has 156 valence electrons. The molecule has 0 bridgehead atoms. The first-order chi connectivity index (χ1) is 15.1. The number of nitrogen functional groups attached to an aromatic ring is 1. The van der Waals surface area contributed by atoms with Crippen LogP contribution in [-0.2, 0) is 17.8 Å². The number of aromatic nitrogens is 2. The predicted octanol–water partition coefficient (Wildman–Crippen LogP) is 3.95. The Labute approximate surface area is 184 Å². The van der Waals surface area contributed by atoms with Crippen LogP contribution >= 0.6 is 11.8 Å². The van der Waals surface area contributed by atoms with Crippen molar-refractivity contribution in [3.05, 3.63) is 94.8 Å². The van der Waals surface area contributed by atoms with Gasteiger partial charge in [-0.05, 0) is 23.4 Å². The summed E-state index contributed by atoms with van der Waals surface area (Å²) >= 11 is 1.20. The summed E-state index contributed by atoms with van der Waals surface area (Å²) in [5, 5.41) is 5.43. The van der Waals surface area contributed by atoms with E-state index < -0.39 is 5.56 Å². The van der Waals surface area contributed by atoms with Gasteiger partial charge in [-0.15, -0.1) is 0 Å². The molecule has 0 atom stereocenters. The second-order valence-electron chi connectivity index (χ2n) is 7.05. The lowest BCUT2D eigenvalue weighted by atomic mass is 10.1. The number of carbonyl (C=O) groups is 1. The van der Waals surface area contributed by atoms with Gasteiger partial charge in [0.15, 0.2) is 5.16 Å². The van der Waals surface area contributed by atoms with Crippen molar-refractivity contribution in [3.8, 4) is 0 Å². The average Bonchev–Trinajstić information content (AvgIpc) is 2.78. The van der Waals surface area contributed by atoms with Gasteiger partial charge in [0.2, 0.25) is 5.91 Å². The molecule has 0 radical (unpaired) electrons. The number of nitrogens with zero attached hydrogens (tertiary/aromatic N) is 2. The first kappa shape index (κ1) is 20.7. The highest BCUT2D eigenvalue weighted by molar-refractivity contribution is 7.99. The molecule has 0 fully saturated rings. The first-order valence-electron chi connectivity index (χ1n) is 9.92. The van der Waals surface area contributed by atoms with Crippen molar-refractivity contribution in [2.45, 2.75) is 18.1 Å². The molecule has 3 N–H and O–H groups in total. The lowest BCUT2D eigenvalue weighted by molar-refractivity contribution is -0.113. The topological polar surface area (TPSA) is 90.0 Å². The van der Waals surface area contributed by atoms with Crippen LogP contribution in [0, 0.1) is 0 Å². The first-order valence-corrected chi connectivity index (χ1v) is 10.9. The molecule has 3 aromatic carbocycles. The lowest BCUT2D eigenvalue weighted by Gasteiger charge is -2.15. The molecule has 0 aliphatic rings. The molecular formula is C24H22N4O2S.